The smallest absolute Gasteiger partial charge is 0.270 e. The summed E-state index contributed by atoms with van der Waals surface area (Å²) in [6.07, 6.45) is 5.09. The number of nitrogens with zero attached hydrogens (tertiary/aromatic N) is 8. The number of hydrogen-bond acceptors (Lipinski definition) is 9. The summed E-state index contributed by atoms with van der Waals surface area (Å²) < 4.78 is 2.06. The number of piperidine rings is 1. The lowest BCUT2D eigenvalue weighted by Crippen LogP contribution is -2.52. The lowest BCUT2D eigenvalue weighted by molar-refractivity contribution is 0.0820. The van der Waals surface area contributed by atoms with Crippen LogP contribution >= 0.6 is 0 Å². The van der Waals surface area contributed by atoms with Crippen molar-refractivity contribution >= 4 is 22.9 Å². The third-order valence-electron chi connectivity index (χ3n) is 9.48. The largest absolute Gasteiger partial charge is 0.383 e. The fourth-order valence-electron chi connectivity index (χ4n) is 7.22. The maximum Gasteiger partial charge on any atom is 0.270 e. The van der Waals surface area contributed by atoms with Gasteiger partial charge in [0.2, 0.25) is 0 Å². The highest BCUT2D eigenvalue weighted by atomic mass is 16.2. The number of fused-ring (bicyclic) bond motifs is 3. The molecule has 0 radical (unpaired) electrons. The predicted molar refractivity (Wildman–Crippen MR) is 181 cm³/mol. The number of carbonyl (C=O) groups is 1. The Hall–Kier alpha value is -5.99. The third-order valence-corrected chi connectivity index (χ3v) is 9.48. The molecule has 2 atom stereocenters. The number of rotatable bonds is 7. The van der Waals surface area contributed by atoms with Gasteiger partial charge in [0.05, 0.1) is 11.3 Å². The Balaban J connectivity index is 1.04. The number of pyridine rings is 2. The molecule has 2 fully saturated rings. The van der Waals surface area contributed by atoms with E-state index in [4.69, 9.17) is 21.0 Å². The van der Waals surface area contributed by atoms with E-state index in [1.807, 2.05) is 48.5 Å². The Kier molecular flexibility index (Phi) is 7.55. The fourth-order valence-corrected chi connectivity index (χ4v) is 7.22. The van der Waals surface area contributed by atoms with Crippen LogP contribution in [0.1, 0.15) is 34.6 Å². The first kappa shape index (κ1) is 29.4. The number of carbonyl (C=O) groups excluding carboxylic acids is 1. The molecular formula is C37H32N10O. The second-order valence-corrected chi connectivity index (χ2v) is 12.5. The van der Waals surface area contributed by atoms with Gasteiger partial charge in [0.15, 0.2) is 11.5 Å². The summed E-state index contributed by atoms with van der Waals surface area (Å²) in [6, 6.07) is 30.0. The Bertz CT molecular complexity index is 2160. The molecular weight excluding hydrogens is 600 g/mol. The van der Waals surface area contributed by atoms with Gasteiger partial charge in [-0.2, -0.15) is 5.26 Å². The van der Waals surface area contributed by atoms with E-state index < -0.39 is 0 Å². The number of nitrogens with one attached hydrogen (secondary N) is 1. The molecule has 1 amide bonds. The van der Waals surface area contributed by atoms with Gasteiger partial charge in [0.25, 0.3) is 5.91 Å². The van der Waals surface area contributed by atoms with Crippen molar-refractivity contribution in [2.75, 3.05) is 18.8 Å². The highest BCUT2D eigenvalue weighted by molar-refractivity contribution is 5.92. The highest BCUT2D eigenvalue weighted by Gasteiger charge is 2.42. The molecule has 8 rings (SSSR count). The summed E-state index contributed by atoms with van der Waals surface area (Å²) in [4.78, 5) is 37.8. The van der Waals surface area contributed by atoms with Gasteiger partial charge in [0.1, 0.15) is 35.1 Å². The number of amides is 1. The molecule has 1 saturated carbocycles. The number of hydrogen-bond donors (Lipinski definition) is 2. The molecule has 11 nitrogen and oxygen atoms in total. The molecule has 2 unspecified atom stereocenters. The minimum absolute atomic E-state index is 0.0951. The first-order chi connectivity index (χ1) is 23.5. The van der Waals surface area contributed by atoms with Crippen molar-refractivity contribution in [1.82, 2.24) is 39.7 Å². The van der Waals surface area contributed by atoms with Crippen molar-refractivity contribution in [3.63, 3.8) is 0 Å². The lowest BCUT2D eigenvalue weighted by Gasteiger charge is -2.38. The van der Waals surface area contributed by atoms with E-state index in [-0.39, 0.29) is 23.3 Å². The molecule has 48 heavy (non-hydrogen) atoms. The molecule has 1 aliphatic carbocycles. The van der Waals surface area contributed by atoms with Crippen LogP contribution in [0.15, 0.2) is 97.5 Å². The van der Waals surface area contributed by atoms with Gasteiger partial charge in [-0.3, -0.25) is 14.3 Å². The van der Waals surface area contributed by atoms with Gasteiger partial charge < -0.3 is 11.1 Å². The number of imidazole rings is 1. The first-order valence-corrected chi connectivity index (χ1v) is 16.0. The fraction of sp³-hybridized carbons (Fsp3) is 0.216. The molecule has 1 saturated heterocycles. The number of nitrogens with two attached hydrogens (primary N) is 1. The highest BCUT2D eigenvalue weighted by Crippen LogP contribution is 2.38. The summed E-state index contributed by atoms with van der Waals surface area (Å²) in [7, 11) is 0. The van der Waals surface area contributed by atoms with E-state index in [0.29, 0.717) is 23.5 Å². The molecule has 0 spiro atoms. The molecule has 5 heterocycles. The van der Waals surface area contributed by atoms with Crippen LogP contribution in [-0.2, 0) is 6.54 Å². The van der Waals surface area contributed by atoms with Gasteiger partial charge >= 0.3 is 0 Å². The van der Waals surface area contributed by atoms with Gasteiger partial charge in [-0.15, -0.1) is 0 Å². The molecule has 6 aromatic rings. The van der Waals surface area contributed by atoms with Gasteiger partial charge in [0, 0.05) is 49.2 Å². The number of nitriles is 1. The van der Waals surface area contributed by atoms with Crippen LogP contribution in [0.5, 0.6) is 0 Å². The number of anilines is 1. The summed E-state index contributed by atoms with van der Waals surface area (Å²) in [5.74, 6) is 1.57. The van der Waals surface area contributed by atoms with Gasteiger partial charge in [-0.1, -0.05) is 42.5 Å². The molecule has 2 aromatic carbocycles. The SMILES string of the molecule is N#Cc1cc(C(=O)NC2C3CCC2CN(Cc2ccc(-n4c(-c5cccnc5N)nc5ccc(-c6ccccc6)nc54)cc2)C3)ncn1. The van der Waals surface area contributed by atoms with E-state index in [1.165, 1.54) is 18.0 Å². The Morgan fingerprint density at radius 1 is 0.917 bits per heavy atom. The predicted octanol–water partition coefficient (Wildman–Crippen LogP) is 5.03. The summed E-state index contributed by atoms with van der Waals surface area (Å²) in [6.45, 7) is 2.62. The van der Waals surface area contributed by atoms with Crippen LogP contribution in [0, 0.1) is 23.2 Å². The van der Waals surface area contributed by atoms with E-state index >= 15 is 0 Å². The standard InChI is InChI=1S/C37H32N10O/c38-18-27-17-32(42-22-41-27)37(48)45-33-25-10-11-26(33)21-46(20-25)19-23-8-12-28(13-9-23)47-35(29-7-4-16-40-34(29)39)44-31-15-14-30(43-36(31)47)24-5-2-1-3-6-24/h1-9,12-17,22,25-26,33H,10-11,19-21H2,(H2,39,40)(H,45,48). The zero-order valence-corrected chi connectivity index (χ0v) is 26.1. The number of likely N-dealkylation sites (tertiary alicyclic amines) is 1. The molecule has 236 valence electrons. The maximum absolute atomic E-state index is 13.0. The summed E-state index contributed by atoms with van der Waals surface area (Å²) >= 11 is 0. The minimum atomic E-state index is -0.246. The van der Waals surface area contributed by atoms with Crippen LogP contribution in [0.25, 0.3) is 39.5 Å². The van der Waals surface area contributed by atoms with Crippen LogP contribution < -0.4 is 11.1 Å². The van der Waals surface area contributed by atoms with Crippen LogP contribution in [0.4, 0.5) is 5.82 Å². The van der Waals surface area contributed by atoms with Crippen molar-refractivity contribution in [3.05, 3.63) is 114 Å². The quantitative estimate of drug-likeness (QED) is 0.247. The zero-order chi connectivity index (χ0) is 32.6. The van der Waals surface area contributed by atoms with E-state index in [9.17, 15) is 4.79 Å². The van der Waals surface area contributed by atoms with Crippen molar-refractivity contribution < 1.29 is 4.79 Å². The first-order valence-electron chi connectivity index (χ1n) is 16.0. The topological polar surface area (TPSA) is 152 Å². The van der Waals surface area contributed by atoms with Crippen LogP contribution in [-0.4, -0.2) is 59.4 Å². The number of benzene rings is 2. The monoisotopic (exact) mass is 632 g/mol. The Morgan fingerprint density at radius 3 is 2.46 bits per heavy atom. The van der Waals surface area contributed by atoms with Crippen molar-refractivity contribution in [2.45, 2.75) is 25.4 Å². The molecule has 2 bridgehead atoms. The normalized spacial score (nSPS) is 18.9. The molecule has 4 aromatic heterocycles. The second kappa shape index (κ2) is 12.3. The number of nitrogen functional groups attached to an aromatic ring is 1. The zero-order valence-electron chi connectivity index (χ0n) is 26.1. The molecule has 11 heteroatoms. The molecule has 3 N–H and O–H groups in total. The van der Waals surface area contributed by atoms with Gasteiger partial charge in [-0.25, -0.2) is 24.9 Å². The molecule has 2 aliphatic rings. The van der Waals surface area contributed by atoms with Crippen LogP contribution in [0.2, 0.25) is 0 Å². The van der Waals surface area contributed by atoms with E-state index in [2.05, 4.69) is 66.1 Å². The van der Waals surface area contributed by atoms with E-state index in [0.717, 1.165) is 66.1 Å². The van der Waals surface area contributed by atoms with Crippen molar-refractivity contribution in [1.29, 1.82) is 5.26 Å². The number of aromatic nitrogens is 6. The van der Waals surface area contributed by atoms with E-state index in [1.54, 1.807) is 6.20 Å². The second-order valence-electron chi connectivity index (χ2n) is 12.5. The van der Waals surface area contributed by atoms with Crippen molar-refractivity contribution in [3.8, 4) is 34.4 Å². The molecule has 1 aliphatic heterocycles. The Morgan fingerprint density at radius 2 is 1.71 bits per heavy atom. The summed E-state index contributed by atoms with van der Waals surface area (Å²) in [5.41, 5.74) is 13.1. The minimum Gasteiger partial charge on any atom is -0.383 e. The van der Waals surface area contributed by atoms with Crippen molar-refractivity contribution in [2.24, 2.45) is 11.8 Å². The third kappa shape index (κ3) is 5.52. The maximum atomic E-state index is 13.0. The average molecular weight is 633 g/mol. The average Bonchev–Trinajstić information content (AvgIpc) is 3.61. The van der Waals surface area contributed by atoms with Crippen LogP contribution in [0.3, 0.4) is 0 Å². The Labute approximate surface area is 277 Å². The van der Waals surface area contributed by atoms with Gasteiger partial charge in [-0.05, 0) is 66.6 Å². The lowest BCUT2D eigenvalue weighted by atomic mass is 9.91. The summed E-state index contributed by atoms with van der Waals surface area (Å²) in [5, 5.41) is 12.4.